The van der Waals surface area contributed by atoms with Crippen LogP contribution in [0.4, 0.5) is 4.39 Å². The summed E-state index contributed by atoms with van der Waals surface area (Å²) in [6, 6.07) is 20.9. The van der Waals surface area contributed by atoms with Gasteiger partial charge in [-0.3, -0.25) is 9.59 Å². The van der Waals surface area contributed by atoms with Crippen LogP contribution in [0.1, 0.15) is 22.7 Å². The van der Waals surface area contributed by atoms with E-state index in [0.29, 0.717) is 23.3 Å². The van der Waals surface area contributed by atoms with Crippen LogP contribution in [0.5, 0.6) is 5.75 Å². The number of aliphatic hydroxyl groups is 1. The number of amides is 1. The maximum absolute atomic E-state index is 14.0. The highest BCUT2D eigenvalue weighted by molar-refractivity contribution is 6.46. The molecule has 1 atom stereocenters. The standard InChI is InChI=1S/C26H22FNO4/c1-32-21-12-10-18(11-13-21)24(29)22-23(19-8-5-9-20(27)16-19)28(26(31)25(22)30)15-14-17-6-3-2-4-7-17/h2-13,16,23,29H,14-15H2,1H3. The zero-order valence-corrected chi connectivity index (χ0v) is 17.5. The van der Waals surface area contributed by atoms with E-state index in [1.807, 2.05) is 30.3 Å². The smallest absolute Gasteiger partial charge is 0.295 e. The summed E-state index contributed by atoms with van der Waals surface area (Å²) >= 11 is 0. The first-order chi connectivity index (χ1) is 15.5. The number of ketones is 1. The summed E-state index contributed by atoms with van der Waals surface area (Å²) in [6.07, 6.45) is 0.516. The molecule has 4 rings (SSSR count). The van der Waals surface area contributed by atoms with Gasteiger partial charge >= 0.3 is 0 Å². The van der Waals surface area contributed by atoms with Crippen LogP contribution in [0, 0.1) is 5.82 Å². The van der Waals surface area contributed by atoms with Crippen molar-refractivity contribution in [2.45, 2.75) is 12.5 Å². The summed E-state index contributed by atoms with van der Waals surface area (Å²) in [5.74, 6) is -1.71. The predicted molar refractivity (Wildman–Crippen MR) is 119 cm³/mol. The predicted octanol–water partition coefficient (Wildman–Crippen LogP) is 4.50. The molecule has 0 saturated carbocycles. The van der Waals surface area contributed by atoms with E-state index in [1.165, 1.54) is 30.2 Å². The van der Waals surface area contributed by atoms with Crippen molar-refractivity contribution in [2.75, 3.05) is 13.7 Å². The van der Waals surface area contributed by atoms with E-state index in [0.717, 1.165) is 5.56 Å². The highest BCUT2D eigenvalue weighted by Crippen LogP contribution is 2.39. The SMILES string of the molecule is COc1ccc(C(O)=C2C(=O)C(=O)N(CCc3ccccc3)C2c2cccc(F)c2)cc1. The lowest BCUT2D eigenvalue weighted by Crippen LogP contribution is -2.31. The molecule has 1 unspecified atom stereocenters. The van der Waals surface area contributed by atoms with E-state index in [-0.39, 0.29) is 17.9 Å². The molecule has 3 aromatic carbocycles. The van der Waals surface area contributed by atoms with Crippen molar-refractivity contribution in [1.82, 2.24) is 4.90 Å². The topological polar surface area (TPSA) is 66.8 Å². The second-order valence-electron chi connectivity index (χ2n) is 7.51. The van der Waals surface area contributed by atoms with Gasteiger partial charge in [-0.15, -0.1) is 0 Å². The van der Waals surface area contributed by atoms with Gasteiger partial charge in [-0.05, 0) is 53.9 Å². The highest BCUT2D eigenvalue weighted by atomic mass is 19.1. The lowest BCUT2D eigenvalue weighted by molar-refractivity contribution is -0.139. The summed E-state index contributed by atoms with van der Waals surface area (Å²) in [4.78, 5) is 27.4. The molecule has 0 aliphatic carbocycles. The minimum absolute atomic E-state index is 0.0566. The number of hydrogen-bond acceptors (Lipinski definition) is 4. The molecular weight excluding hydrogens is 409 g/mol. The Labute approximate surface area is 185 Å². The molecule has 3 aromatic rings. The molecule has 1 heterocycles. The number of likely N-dealkylation sites (tertiary alicyclic amines) is 1. The van der Waals surface area contributed by atoms with Gasteiger partial charge in [0.05, 0.1) is 18.7 Å². The zero-order chi connectivity index (χ0) is 22.7. The molecule has 0 spiro atoms. The van der Waals surface area contributed by atoms with Crippen LogP contribution in [0.3, 0.4) is 0 Å². The highest BCUT2D eigenvalue weighted by Gasteiger charge is 2.45. The first-order valence-electron chi connectivity index (χ1n) is 10.2. The van der Waals surface area contributed by atoms with Gasteiger partial charge in [0.25, 0.3) is 11.7 Å². The van der Waals surface area contributed by atoms with Gasteiger partial charge in [0.15, 0.2) is 0 Å². The number of rotatable bonds is 6. The van der Waals surface area contributed by atoms with E-state index in [1.54, 1.807) is 30.3 Å². The molecular formula is C26H22FNO4. The third-order valence-corrected chi connectivity index (χ3v) is 5.55. The van der Waals surface area contributed by atoms with Gasteiger partial charge in [0.1, 0.15) is 17.3 Å². The molecule has 1 saturated heterocycles. The van der Waals surface area contributed by atoms with Crippen molar-refractivity contribution in [3.05, 3.63) is 107 Å². The van der Waals surface area contributed by atoms with Crippen LogP contribution in [-0.4, -0.2) is 35.4 Å². The molecule has 162 valence electrons. The Morgan fingerprint density at radius 3 is 2.38 bits per heavy atom. The van der Waals surface area contributed by atoms with E-state index < -0.39 is 23.5 Å². The summed E-state index contributed by atoms with van der Waals surface area (Å²) in [5.41, 5.74) is 1.74. The Morgan fingerprint density at radius 2 is 1.72 bits per heavy atom. The Hall–Kier alpha value is -3.93. The van der Waals surface area contributed by atoms with Crippen molar-refractivity contribution >= 4 is 17.4 Å². The number of ether oxygens (including phenoxy) is 1. The number of benzene rings is 3. The van der Waals surface area contributed by atoms with Gasteiger partial charge in [-0.1, -0.05) is 42.5 Å². The van der Waals surface area contributed by atoms with Crippen molar-refractivity contribution < 1.29 is 23.8 Å². The van der Waals surface area contributed by atoms with Crippen LogP contribution < -0.4 is 4.74 Å². The van der Waals surface area contributed by atoms with Crippen LogP contribution in [0.25, 0.3) is 5.76 Å². The summed E-state index contributed by atoms with van der Waals surface area (Å²) in [7, 11) is 1.52. The average molecular weight is 431 g/mol. The fourth-order valence-electron chi connectivity index (χ4n) is 3.93. The van der Waals surface area contributed by atoms with Crippen molar-refractivity contribution in [2.24, 2.45) is 0 Å². The van der Waals surface area contributed by atoms with Gasteiger partial charge in [0, 0.05) is 12.1 Å². The molecule has 6 heteroatoms. The first-order valence-corrected chi connectivity index (χ1v) is 10.2. The number of carbonyl (C=O) groups is 2. The lowest BCUT2D eigenvalue weighted by atomic mass is 9.95. The van der Waals surface area contributed by atoms with Crippen molar-refractivity contribution in [3.63, 3.8) is 0 Å². The van der Waals surface area contributed by atoms with E-state index >= 15 is 0 Å². The second kappa shape index (κ2) is 9.06. The Balaban J connectivity index is 1.78. The molecule has 1 aliphatic heterocycles. The van der Waals surface area contributed by atoms with Crippen molar-refractivity contribution in [1.29, 1.82) is 0 Å². The maximum atomic E-state index is 14.0. The zero-order valence-electron chi connectivity index (χ0n) is 17.5. The van der Waals surface area contributed by atoms with Crippen LogP contribution >= 0.6 is 0 Å². The lowest BCUT2D eigenvalue weighted by Gasteiger charge is -2.25. The first kappa shape index (κ1) is 21.3. The molecule has 1 fully saturated rings. The molecule has 0 bridgehead atoms. The molecule has 0 aromatic heterocycles. The Kier molecular flexibility index (Phi) is 6.03. The van der Waals surface area contributed by atoms with Crippen LogP contribution in [-0.2, 0) is 16.0 Å². The molecule has 5 nitrogen and oxygen atoms in total. The fourth-order valence-corrected chi connectivity index (χ4v) is 3.93. The van der Waals surface area contributed by atoms with E-state index in [4.69, 9.17) is 4.74 Å². The molecule has 32 heavy (non-hydrogen) atoms. The number of hydrogen-bond donors (Lipinski definition) is 1. The minimum Gasteiger partial charge on any atom is -0.507 e. The number of aliphatic hydroxyl groups excluding tert-OH is 1. The van der Waals surface area contributed by atoms with E-state index in [9.17, 15) is 19.1 Å². The van der Waals surface area contributed by atoms with Gasteiger partial charge in [0.2, 0.25) is 0 Å². The fraction of sp³-hybridized carbons (Fsp3) is 0.154. The summed E-state index contributed by atoms with van der Waals surface area (Å²) in [6.45, 7) is 0.245. The van der Waals surface area contributed by atoms with Gasteiger partial charge in [-0.2, -0.15) is 0 Å². The maximum Gasteiger partial charge on any atom is 0.295 e. The average Bonchev–Trinajstić information content (AvgIpc) is 3.08. The Bertz CT molecular complexity index is 1170. The molecule has 0 radical (unpaired) electrons. The van der Waals surface area contributed by atoms with Gasteiger partial charge in [-0.25, -0.2) is 4.39 Å². The number of nitrogens with zero attached hydrogens (tertiary/aromatic N) is 1. The second-order valence-corrected chi connectivity index (χ2v) is 7.51. The van der Waals surface area contributed by atoms with Crippen molar-refractivity contribution in [3.8, 4) is 5.75 Å². The number of methoxy groups -OCH3 is 1. The molecule has 1 amide bonds. The quantitative estimate of drug-likeness (QED) is 0.355. The molecule has 1 N–H and O–H groups in total. The summed E-state index contributed by atoms with van der Waals surface area (Å²) in [5, 5.41) is 11.0. The van der Waals surface area contributed by atoms with Crippen LogP contribution in [0.15, 0.2) is 84.4 Å². The third-order valence-electron chi connectivity index (χ3n) is 5.55. The van der Waals surface area contributed by atoms with Crippen LogP contribution in [0.2, 0.25) is 0 Å². The number of Topliss-reactive ketones (excluding diaryl/α,β-unsaturated/α-hetero) is 1. The minimum atomic E-state index is -0.892. The molecule has 1 aliphatic rings. The number of halogens is 1. The van der Waals surface area contributed by atoms with Gasteiger partial charge < -0.3 is 14.7 Å². The van der Waals surface area contributed by atoms with E-state index in [2.05, 4.69) is 0 Å². The monoisotopic (exact) mass is 431 g/mol. The third kappa shape index (κ3) is 4.12. The normalized spacial score (nSPS) is 17.6. The largest absolute Gasteiger partial charge is 0.507 e. The summed E-state index contributed by atoms with van der Waals surface area (Å²) < 4.78 is 19.2. The number of carbonyl (C=O) groups excluding carboxylic acids is 2. The Morgan fingerprint density at radius 1 is 1.00 bits per heavy atom.